The van der Waals surface area contributed by atoms with Crippen LogP contribution in [0.15, 0.2) is 4.99 Å². The Morgan fingerprint density at radius 2 is 1.47 bits per heavy atom. The second kappa shape index (κ2) is 23.2. The van der Waals surface area contributed by atoms with Gasteiger partial charge >= 0.3 is 11.9 Å². The van der Waals surface area contributed by atoms with Crippen LogP contribution in [0.25, 0.3) is 0 Å². The molecule has 0 aromatic heterocycles. The Labute approximate surface area is 177 Å². The molecule has 0 rings (SSSR count). The van der Waals surface area contributed by atoms with E-state index in [1.165, 1.54) is 0 Å². The Hall–Kier alpha value is -2.07. The molecule has 0 heterocycles. The number of aliphatic hydroxyl groups excluding tert-OH is 4. The van der Waals surface area contributed by atoms with E-state index < -0.39 is 24.1 Å². The summed E-state index contributed by atoms with van der Waals surface area (Å²) in [5, 5.41) is 48.4. The van der Waals surface area contributed by atoms with Crippen molar-refractivity contribution < 1.29 is 44.7 Å². The average molecular weight is 446 g/mol. The van der Waals surface area contributed by atoms with Crippen LogP contribution in [0.4, 0.5) is 0 Å². The number of rotatable bonds is 10. The number of aliphatic imine (C=N–C) groups is 1. The van der Waals surface area contributed by atoms with Crippen LogP contribution < -0.4 is 22.9 Å². The summed E-state index contributed by atoms with van der Waals surface area (Å²) in [5.41, 5.74) is 19.9. The minimum Gasteiger partial charge on any atom is -0.480 e. The summed E-state index contributed by atoms with van der Waals surface area (Å²) in [5.74, 6) is -1.96. The monoisotopic (exact) mass is 445 g/mol. The molecule has 0 bridgehead atoms. The number of quaternary nitrogens is 1. The number of nitrogens with zero attached hydrogens (tertiary/aromatic N) is 2. The predicted octanol–water partition coefficient (Wildman–Crippen LogP) is -4.50. The summed E-state index contributed by atoms with van der Waals surface area (Å²) < 4.78 is 0.844. The van der Waals surface area contributed by atoms with Crippen molar-refractivity contribution in [3.05, 3.63) is 0 Å². The largest absolute Gasteiger partial charge is 0.480 e. The molecule has 182 valence electrons. The van der Waals surface area contributed by atoms with E-state index in [1.807, 2.05) is 0 Å². The zero-order valence-electron chi connectivity index (χ0n) is 18.0. The summed E-state index contributed by atoms with van der Waals surface area (Å²) in [7, 11) is 6.16. The molecule has 0 radical (unpaired) electrons. The van der Waals surface area contributed by atoms with Crippen molar-refractivity contribution in [2.45, 2.75) is 25.0 Å². The van der Waals surface area contributed by atoms with Crippen LogP contribution in [0, 0.1) is 0 Å². The standard InChI is InChI=1S/C6H14N4O2.C5H14NO.C3H8O3.C2H5NO2/c7-4(5(11)12)2-1-3-10-6(8)9;1-6(2,3)4-5-7;4-1-3(6)2-5;3-1-2(4)5/h4H,1-3,7H2,(H,11,12)(H4,8,9,10);7H,4-5H2,1-3H3;3-6H,1-2H2;1,3H2,(H,4,5)/q;+1;;. The minimum atomic E-state index is -1.00. The van der Waals surface area contributed by atoms with Crippen molar-refractivity contribution in [2.24, 2.45) is 27.9 Å². The smallest absolute Gasteiger partial charge is 0.320 e. The average Bonchev–Trinajstić information content (AvgIpc) is 2.64. The topological polar surface area (TPSA) is 272 Å². The van der Waals surface area contributed by atoms with Gasteiger partial charge in [-0.05, 0) is 12.8 Å². The van der Waals surface area contributed by atoms with Crippen molar-refractivity contribution in [3.8, 4) is 0 Å². The highest BCUT2D eigenvalue weighted by Crippen LogP contribution is 1.94. The molecule has 0 saturated carbocycles. The molecule has 30 heavy (non-hydrogen) atoms. The maximum Gasteiger partial charge on any atom is 0.320 e. The highest BCUT2D eigenvalue weighted by Gasteiger charge is 2.09. The maximum absolute atomic E-state index is 10.2. The van der Waals surface area contributed by atoms with Gasteiger partial charge in [0.15, 0.2) is 5.96 Å². The van der Waals surface area contributed by atoms with Crippen molar-refractivity contribution in [1.82, 2.24) is 0 Å². The zero-order chi connectivity index (χ0) is 24.8. The normalized spacial score (nSPS) is 10.9. The first kappa shape index (κ1) is 35.4. The molecule has 1 atom stereocenters. The van der Waals surface area contributed by atoms with Crippen LogP contribution in [0.5, 0.6) is 0 Å². The molecule has 14 nitrogen and oxygen atoms in total. The third kappa shape index (κ3) is 45.0. The number of hydrogen-bond acceptors (Lipinski definition) is 9. The van der Waals surface area contributed by atoms with E-state index >= 15 is 0 Å². The number of guanidine groups is 1. The number of carboxylic acids is 2. The van der Waals surface area contributed by atoms with E-state index in [1.54, 1.807) is 0 Å². The van der Waals surface area contributed by atoms with Gasteiger partial charge in [-0.3, -0.25) is 14.6 Å². The van der Waals surface area contributed by atoms with Crippen LogP contribution in [0.1, 0.15) is 12.8 Å². The van der Waals surface area contributed by atoms with E-state index in [0.717, 1.165) is 11.0 Å². The summed E-state index contributed by atoms with van der Waals surface area (Å²) >= 11 is 0. The van der Waals surface area contributed by atoms with Crippen LogP contribution in [0.2, 0.25) is 0 Å². The molecule has 14 heteroatoms. The zero-order valence-corrected chi connectivity index (χ0v) is 18.0. The lowest BCUT2D eigenvalue weighted by atomic mass is 10.2. The second-order valence-electron chi connectivity index (χ2n) is 6.75. The molecule has 14 N–H and O–H groups in total. The number of carboxylic acid groups (broad SMARTS) is 2. The number of nitrogens with two attached hydrogens (primary N) is 4. The maximum atomic E-state index is 10.2. The fourth-order valence-electron chi connectivity index (χ4n) is 1.00. The van der Waals surface area contributed by atoms with Crippen molar-refractivity contribution in [1.29, 1.82) is 0 Å². The van der Waals surface area contributed by atoms with Gasteiger partial charge in [0.05, 0.1) is 47.5 Å². The number of hydrogen-bond donors (Lipinski definition) is 10. The number of aliphatic carboxylic acids is 2. The lowest BCUT2D eigenvalue weighted by molar-refractivity contribution is -0.870. The van der Waals surface area contributed by atoms with Gasteiger partial charge in [0.1, 0.15) is 18.7 Å². The van der Waals surface area contributed by atoms with E-state index in [4.69, 9.17) is 47.8 Å². The van der Waals surface area contributed by atoms with Crippen LogP contribution in [-0.4, -0.2) is 126 Å². The molecule has 0 aliphatic heterocycles. The number of likely N-dealkylation sites (N-methyl/N-ethyl adjacent to an activating group) is 1. The van der Waals surface area contributed by atoms with E-state index in [9.17, 15) is 9.59 Å². The SMILES string of the molecule is C[N+](C)(C)CCO.NC(N)=NCCCC(N)C(=O)O.NCC(=O)O.OCC(O)CO. The predicted molar refractivity (Wildman–Crippen MR) is 112 cm³/mol. The van der Waals surface area contributed by atoms with Crippen LogP contribution >= 0.6 is 0 Å². The van der Waals surface area contributed by atoms with E-state index in [0.29, 0.717) is 19.4 Å². The van der Waals surface area contributed by atoms with Crippen molar-refractivity contribution in [3.63, 3.8) is 0 Å². The molecule has 0 aliphatic rings. The van der Waals surface area contributed by atoms with Gasteiger partial charge in [-0.1, -0.05) is 0 Å². The first-order valence-corrected chi connectivity index (χ1v) is 8.95. The highest BCUT2D eigenvalue weighted by molar-refractivity contribution is 5.75. The summed E-state index contributed by atoms with van der Waals surface area (Å²) in [6, 6.07) is -0.820. The Morgan fingerprint density at radius 3 is 1.63 bits per heavy atom. The van der Waals surface area contributed by atoms with Gasteiger partial charge in [-0.2, -0.15) is 0 Å². The van der Waals surface area contributed by atoms with E-state index in [-0.39, 0.29) is 32.3 Å². The summed E-state index contributed by atoms with van der Waals surface area (Å²) in [4.78, 5) is 23.1. The summed E-state index contributed by atoms with van der Waals surface area (Å²) in [6.07, 6.45) is 0.00213. The van der Waals surface area contributed by atoms with Gasteiger partial charge in [0, 0.05) is 6.54 Å². The molecule has 1 unspecified atom stereocenters. The van der Waals surface area contributed by atoms with Gasteiger partial charge in [0.2, 0.25) is 0 Å². The molecule has 0 amide bonds. The molecule has 0 aliphatic carbocycles. The summed E-state index contributed by atoms with van der Waals surface area (Å²) in [6.45, 7) is 0.528. The molecule has 0 aromatic rings. The molecular weight excluding hydrogens is 404 g/mol. The van der Waals surface area contributed by atoms with Gasteiger partial charge in [0.25, 0.3) is 0 Å². The van der Waals surface area contributed by atoms with Gasteiger partial charge in [-0.15, -0.1) is 0 Å². The number of carbonyl (C=O) groups is 2. The van der Waals surface area contributed by atoms with Gasteiger partial charge < -0.3 is 58.1 Å². The van der Waals surface area contributed by atoms with E-state index in [2.05, 4.69) is 31.9 Å². The molecule has 0 spiro atoms. The van der Waals surface area contributed by atoms with Gasteiger partial charge in [-0.25, -0.2) is 0 Å². The molecule has 0 saturated heterocycles. The van der Waals surface area contributed by atoms with Crippen molar-refractivity contribution in [2.75, 3.05) is 60.6 Å². The fourth-order valence-corrected chi connectivity index (χ4v) is 1.00. The first-order valence-electron chi connectivity index (χ1n) is 8.95. The van der Waals surface area contributed by atoms with Crippen LogP contribution in [-0.2, 0) is 9.59 Å². The fraction of sp³-hybridized carbons (Fsp3) is 0.812. The van der Waals surface area contributed by atoms with Crippen LogP contribution in [0.3, 0.4) is 0 Å². The van der Waals surface area contributed by atoms with Crippen molar-refractivity contribution >= 4 is 17.9 Å². The second-order valence-corrected chi connectivity index (χ2v) is 6.75. The molecule has 0 aromatic carbocycles. The Balaban J connectivity index is -0.000000161. The molecular formula is C16H41N6O8+. The Kier molecular flexibility index (Phi) is 27.4. The quantitative estimate of drug-likeness (QED) is 0.0659. The molecule has 0 fully saturated rings. The highest BCUT2D eigenvalue weighted by atomic mass is 16.4. The third-order valence-corrected chi connectivity index (χ3v) is 2.65. The lowest BCUT2D eigenvalue weighted by Gasteiger charge is -2.21. The first-order chi connectivity index (χ1) is 13.7. The third-order valence-electron chi connectivity index (χ3n) is 2.65. The number of aliphatic hydroxyl groups is 4. The minimum absolute atomic E-state index is 0.0129. The Morgan fingerprint density at radius 1 is 1.03 bits per heavy atom. The Bertz CT molecular complexity index is 438. The lowest BCUT2D eigenvalue weighted by Crippen LogP contribution is -2.36.